The molecule has 0 radical (unpaired) electrons. The summed E-state index contributed by atoms with van der Waals surface area (Å²) in [6.45, 7) is 0.170. The summed E-state index contributed by atoms with van der Waals surface area (Å²) in [5, 5.41) is 0. The van der Waals surface area contributed by atoms with Gasteiger partial charge in [-0.15, -0.1) is 0 Å². The van der Waals surface area contributed by atoms with Crippen LogP contribution in [0.4, 0.5) is 0 Å². The lowest BCUT2D eigenvalue weighted by molar-refractivity contribution is 0.276. The maximum atomic E-state index is 10.5. The van der Waals surface area contributed by atoms with E-state index in [0.29, 0.717) is 12.8 Å². The zero-order chi connectivity index (χ0) is 12.7. The molecular formula is C6H13O6S4-. The van der Waals surface area contributed by atoms with Gasteiger partial charge in [0.1, 0.15) is 0 Å². The monoisotopic (exact) mass is 309 g/mol. The van der Waals surface area contributed by atoms with Gasteiger partial charge in [-0.3, -0.25) is 12.9 Å². The van der Waals surface area contributed by atoms with Crippen molar-refractivity contribution in [1.29, 1.82) is 0 Å². The summed E-state index contributed by atoms with van der Waals surface area (Å²) in [6, 6.07) is 0. The molecule has 0 aromatic carbocycles. The van der Waals surface area contributed by atoms with Gasteiger partial charge < -0.3 is 4.55 Å². The molecule has 0 aliphatic rings. The first-order chi connectivity index (χ1) is 7.21. The Balaban J connectivity index is 3.29. The number of hydrogen-bond acceptors (Lipinski definition) is 7. The highest BCUT2D eigenvalue weighted by Gasteiger charge is 1.99. The first-order valence-electron chi connectivity index (χ1n) is 4.43. The molecule has 0 amide bonds. The van der Waals surface area contributed by atoms with Crippen molar-refractivity contribution in [2.45, 2.75) is 25.7 Å². The number of hydrogen-bond donors (Lipinski definition) is 1. The molecule has 0 aliphatic heterocycles. The molecule has 0 heterocycles. The van der Waals surface area contributed by atoms with Crippen LogP contribution < -0.4 is 0 Å². The van der Waals surface area contributed by atoms with Gasteiger partial charge in [-0.25, -0.2) is 4.21 Å². The molecular weight excluding hydrogens is 296 g/mol. The molecule has 0 rings (SSSR count). The second kappa shape index (κ2) is 7.82. The SMILES string of the molecule is O=S([O-])(=S)OCCCCCCOS(=O)(O)=S. The van der Waals surface area contributed by atoms with Crippen LogP contribution >= 0.6 is 0 Å². The summed E-state index contributed by atoms with van der Waals surface area (Å²) < 4.78 is 48.6. The van der Waals surface area contributed by atoms with Crippen molar-refractivity contribution >= 4 is 40.5 Å². The molecule has 0 fully saturated rings. The van der Waals surface area contributed by atoms with Gasteiger partial charge in [-0.05, 0) is 24.0 Å². The van der Waals surface area contributed by atoms with E-state index in [9.17, 15) is 13.0 Å². The van der Waals surface area contributed by atoms with Crippen LogP contribution in [0.2, 0.25) is 0 Å². The third kappa shape index (κ3) is 14.6. The van der Waals surface area contributed by atoms with Crippen molar-refractivity contribution in [2.24, 2.45) is 0 Å². The van der Waals surface area contributed by atoms with E-state index in [2.05, 4.69) is 30.7 Å². The van der Waals surface area contributed by atoms with Gasteiger partial charge in [-0.1, -0.05) is 12.8 Å². The topological polar surface area (TPSA) is 95.9 Å². The Morgan fingerprint density at radius 1 is 1.00 bits per heavy atom. The fraction of sp³-hybridized carbons (Fsp3) is 1.00. The van der Waals surface area contributed by atoms with Crippen LogP contribution in [0.15, 0.2) is 0 Å². The zero-order valence-corrected chi connectivity index (χ0v) is 11.6. The van der Waals surface area contributed by atoms with Crippen molar-refractivity contribution < 1.29 is 25.9 Å². The molecule has 0 bridgehead atoms. The van der Waals surface area contributed by atoms with Crippen molar-refractivity contribution in [3.8, 4) is 0 Å². The Labute approximate surface area is 105 Å². The summed E-state index contributed by atoms with van der Waals surface area (Å²) in [5.41, 5.74) is 0. The summed E-state index contributed by atoms with van der Waals surface area (Å²) in [4.78, 5) is 0. The largest absolute Gasteiger partial charge is 0.748 e. The number of rotatable bonds is 9. The summed E-state index contributed by atoms with van der Waals surface area (Å²) in [7, 11) is -7.29. The Kier molecular flexibility index (Phi) is 8.10. The van der Waals surface area contributed by atoms with Gasteiger partial charge in [0.25, 0.3) is 9.05 Å². The maximum Gasteiger partial charge on any atom is 0.266 e. The molecule has 0 saturated carbocycles. The van der Waals surface area contributed by atoms with Gasteiger partial charge in [0.15, 0.2) is 0 Å². The average Bonchev–Trinajstić information content (AvgIpc) is 2.06. The van der Waals surface area contributed by atoms with E-state index < -0.39 is 18.1 Å². The van der Waals surface area contributed by atoms with Crippen LogP contribution in [-0.4, -0.2) is 30.7 Å². The summed E-state index contributed by atoms with van der Waals surface area (Å²) in [6.07, 6.45) is 2.58. The van der Waals surface area contributed by atoms with Gasteiger partial charge in [0, 0.05) is 11.2 Å². The predicted octanol–water partition coefficient (Wildman–Crippen LogP) is 0.506. The number of unbranched alkanes of at least 4 members (excludes halogenated alkanes) is 3. The predicted molar refractivity (Wildman–Crippen MR) is 64.8 cm³/mol. The lowest BCUT2D eigenvalue weighted by Gasteiger charge is -2.10. The quantitative estimate of drug-likeness (QED) is 0.615. The van der Waals surface area contributed by atoms with E-state index in [0.717, 1.165) is 12.8 Å². The zero-order valence-electron chi connectivity index (χ0n) is 8.36. The fourth-order valence-electron chi connectivity index (χ4n) is 0.883. The van der Waals surface area contributed by atoms with Crippen molar-refractivity contribution in [3.05, 3.63) is 0 Å². The van der Waals surface area contributed by atoms with Crippen LogP contribution in [0.25, 0.3) is 0 Å². The lowest BCUT2D eigenvalue weighted by atomic mass is 10.2. The molecule has 1 N–H and O–H groups in total. The fourth-order valence-corrected chi connectivity index (χ4v) is 1.94. The van der Waals surface area contributed by atoms with E-state index >= 15 is 0 Å². The lowest BCUT2D eigenvalue weighted by Crippen LogP contribution is -2.05. The summed E-state index contributed by atoms with van der Waals surface area (Å²) in [5.74, 6) is 0. The molecule has 6 nitrogen and oxygen atoms in total. The Hall–Kier alpha value is 0.580. The first kappa shape index (κ1) is 16.6. The highest BCUT2D eigenvalue weighted by molar-refractivity contribution is 8.27. The van der Waals surface area contributed by atoms with Gasteiger partial charge in [-0.2, -0.15) is 4.21 Å². The second-order valence-corrected chi connectivity index (χ2v) is 7.53. The molecule has 2 unspecified atom stereocenters. The van der Waals surface area contributed by atoms with Crippen LogP contribution in [0, 0.1) is 0 Å². The highest BCUT2D eigenvalue weighted by Crippen LogP contribution is 2.02. The molecule has 10 heteroatoms. The molecule has 2 atom stereocenters. The van der Waals surface area contributed by atoms with Crippen LogP contribution in [0.5, 0.6) is 0 Å². The molecule has 98 valence electrons. The van der Waals surface area contributed by atoms with Crippen LogP contribution in [0.3, 0.4) is 0 Å². The molecule has 0 aliphatic carbocycles. The van der Waals surface area contributed by atoms with E-state index in [1.165, 1.54) is 0 Å². The molecule has 16 heavy (non-hydrogen) atoms. The smallest absolute Gasteiger partial charge is 0.266 e. The van der Waals surface area contributed by atoms with E-state index in [-0.39, 0.29) is 13.2 Å². The van der Waals surface area contributed by atoms with Gasteiger partial charge >= 0.3 is 0 Å². The van der Waals surface area contributed by atoms with E-state index in [1.54, 1.807) is 0 Å². The minimum absolute atomic E-state index is 0.0600. The average molecular weight is 309 g/mol. The minimum atomic E-state index is -3.77. The van der Waals surface area contributed by atoms with Crippen molar-refractivity contribution in [1.82, 2.24) is 0 Å². The normalized spacial score (nSPS) is 18.9. The Bertz CT molecular complexity index is 334. The molecule has 0 aromatic rings. The van der Waals surface area contributed by atoms with Gasteiger partial charge in [0.05, 0.1) is 22.3 Å². The second-order valence-electron chi connectivity index (χ2n) is 2.89. The van der Waals surface area contributed by atoms with E-state index in [1.807, 2.05) is 0 Å². The molecule has 0 aromatic heterocycles. The third-order valence-electron chi connectivity index (χ3n) is 1.50. The Morgan fingerprint density at radius 2 is 1.44 bits per heavy atom. The summed E-state index contributed by atoms with van der Waals surface area (Å²) >= 11 is 8.11. The van der Waals surface area contributed by atoms with Crippen molar-refractivity contribution in [3.63, 3.8) is 0 Å². The molecule has 0 saturated heterocycles. The highest BCUT2D eigenvalue weighted by atomic mass is 32.9. The first-order valence-corrected chi connectivity index (χ1v) is 9.13. The van der Waals surface area contributed by atoms with E-state index in [4.69, 9.17) is 4.55 Å². The van der Waals surface area contributed by atoms with Crippen molar-refractivity contribution in [2.75, 3.05) is 13.2 Å². The molecule has 0 spiro atoms. The van der Waals surface area contributed by atoms with Gasteiger partial charge in [0.2, 0.25) is 0 Å². The third-order valence-corrected chi connectivity index (χ3v) is 3.00. The Morgan fingerprint density at radius 3 is 1.81 bits per heavy atom. The maximum absolute atomic E-state index is 10.5. The van der Waals surface area contributed by atoms with Crippen LogP contribution in [0.1, 0.15) is 25.7 Å². The minimum Gasteiger partial charge on any atom is -0.748 e. The van der Waals surface area contributed by atoms with Crippen LogP contribution in [-0.2, 0) is 48.8 Å². The standard InChI is InChI=1S/C6H14O6S4/c7-15(8,13)11-5-3-1-2-4-6-12-16(9,10)14/h1-6H2,(H,7,8,13)(H,9,10,14)/p-1.